The van der Waals surface area contributed by atoms with Crippen molar-refractivity contribution in [2.45, 2.75) is 32.6 Å². The molecule has 0 fully saturated rings. The molecule has 1 aliphatic rings. The van der Waals surface area contributed by atoms with Crippen LogP contribution in [0.3, 0.4) is 0 Å². The molecule has 0 bridgehead atoms. The third-order valence-corrected chi connectivity index (χ3v) is 7.96. The Morgan fingerprint density at radius 1 is 1.05 bits per heavy atom. The standard InChI is InChI=1S/C30H30N4O3S2/c1-3-4-16-37-23-14-12-22(13-15-23)33-26(35)19-39-30-24(18-31)28(25-11-8-17-38-25)27(20(2)32-30)29(36)34-21-9-6-5-7-10-21/h5-15,17,28,32H,3-4,16,19H2,1-2H3,(H,33,35)(H,34,36)/t28-/m0/s1. The first-order chi connectivity index (χ1) is 19.0. The number of thiophene rings is 1. The number of amides is 2. The van der Waals surface area contributed by atoms with Gasteiger partial charge < -0.3 is 20.7 Å². The first-order valence-electron chi connectivity index (χ1n) is 12.7. The Bertz CT molecular complexity index is 1390. The van der Waals surface area contributed by atoms with E-state index in [2.05, 4.69) is 28.9 Å². The number of allylic oxidation sites excluding steroid dienone is 2. The third kappa shape index (κ3) is 7.31. The second-order valence-corrected chi connectivity index (χ2v) is 10.8. The van der Waals surface area contributed by atoms with Crippen LogP contribution in [0.15, 0.2) is 94.0 Å². The molecule has 1 atom stereocenters. The number of anilines is 2. The quantitative estimate of drug-likeness (QED) is 0.228. The van der Waals surface area contributed by atoms with Crippen molar-refractivity contribution < 1.29 is 14.3 Å². The van der Waals surface area contributed by atoms with Crippen molar-refractivity contribution in [2.75, 3.05) is 23.0 Å². The number of para-hydroxylation sites is 1. The maximum absolute atomic E-state index is 13.4. The zero-order valence-electron chi connectivity index (χ0n) is 21.8. The van der Waals surface area contributed by atoms with Crippen molar-refractivity contribution in [2.24, 2.45) is 0 Å². The molecular formula is C30H30N4O3S2. The summed E-state index contributed by atoms with van der Waals surface area (Å²) in [5, 5.41) is 21.7. The van der Waals surface area contributed by atoms with Crippen LogP contribution in [0.25, 0.3) is 0 Å². The van der Waals surface area contributed by atoms with Gasteiger partial charge in [0, 0.05) is 27.5 Å². The normalized spacial score (nSPS) is 14.8. The van der Waals surface area contributed by atoms with Gasteiger partial charge in [0.1, 0.15) is 5.75 Å². The molecule has 2 aromatic carbocycles. The fourth-order valence-electron chi connectivity index (χ4n) is 4.09. The number of dihydropyridines is 1. The summed E-state index contributed by atoms with van der Waals surface area (Å²) in [7, 11) is 0. The van der Waals surface area contributed by atoms with Gasteiger partial charge >= 0.3 is 0 Å². The fourth-order valence-corrected chi connectivity index (χ4v) is 5.83. The van der Waals surface area contributed by atoms with Crippen LogP contribution < -0.4 is 20.7 Å². The van der Waals surface area contributed by atoms with E-state index in [1.54, 1.807) is 12.1 Å². The van der Waals surface area contributed by atoms with E-state index in [0.717, 1.165) is 23.5 Å². The molecule has 0 saturated carbocycles. The van der Waals surface area contributed by atoms with E-state index < -0.39 is 5.92 Å². The first kappa shape index (κ1) is 28.0. The van der Waals surface area contributed by atoms with E-state index in [4.69, 9.17) is 4.74 Å². The summed E-state index contributed by atoms with van der Waals surface area (Å²) in [4.78, 5) is 27.0. The van der Waals surface area contributed by atoms with E-state index in [0.29, 0.717) is 39.9 Å². The van der Waals surface area contributed by atoms with Gasteiger partial charge in [0.05, 0.1) is 34.9 Å². The van der Waals surface area contributed by atoms with Crippen LogP contribution in [0.1, 0.15) is 37.5 Å². The van der Waals surface area contributed by atoms with Gasteiger partial charge in [0.15, 0.2) is 0 Å². The van der Waals surface area contributed by atoms with Gasteiger partial charge in [-0.15, -0.1) is 11.3 Å². The maximum atomic E-state index is 13.4. The van der Waals surface area contributed by atoms with Crippen LogP contribution in [0.4, 0.5) is 11.4 Å². The van der Waals surface area contributed by atoms with Gasteiger partial charge in [-0.2, -0.15) is 5.26 Å². The molecule has 200 valence electrons. The number of rotatable bonds is 11. The summed E-state index contributed by atoms with van der Waals surface area (Å²) in [5.41, 5.74) is 2.87. The lowest BCUT2D eigenvalue weighted by molar-refractivity contribution is -0.114. The second kappa shape index (κ2) is 13.7. The summed E-state index contributed by atoms with van der Waals surface area (Å²) >= 11 is 2.73. The van der Waals surface area contributed by atoms with Gasteiger partial charge in [-0.25, -0.2) is 0 Å². The minimum atomic E-state index is -0.536. The van der Waals surface area contributed by atoms with Gasteiger partial charge in [-0.05, 0) is 61.2 Å². The highest BCUT2D eigenvalue weighted by atomic mass is 32.2. The molecule has 3 N–H and O–H groups in total. The van der Waals surface area contributed by atoms with E-state index in [-0.39, 0.29) is 17.6 Å². The number of nitrogens with one attached hydrogen (secondary N) is 3. The highest BCUT2D eigenvalue weighted by Gasteiger charge is 2.35. The van der Waals surface area contributed by atoms with E-state index in [9.17, 15) is 14.9 Å². The Hall–Kier alpha value is -4.00. The van der Waals surface area contributed by atoms with Crippen LogP contribution >= 0.6 is 23.1 Å². The number of hydrogen-bond acceptors (Lipinski definition) is 7. The molecule has 3 aromatic rings. The van der Waals surface area contributed by atoms with Gasteiger partial charge in [-0.1, -0.05) is 49.4 Å². The summed E-state index contributed by atoms with van der Waals surface area (Å²) in [6.07, 6.45) is 2.06. The van der Waals surface area contributed by atoms with Crippen molar-refractivity contribution in [3.8, 4) is 11.8 Å². The molecule has 0 spiro atoms. The summed E-state index contributed by atoms with van der Waals surface area (Å²) < 4.78 is 5.67. The molecule has 0 saturated heterocycles. The molecule has 2 heterocycles. The molecule has 0 radical (unpaired) electrons. The molecule has 0 aliphatic carbocycles. The Kier molecular flexibility index (Phi) is 9.84. The smallest absolute Gasteiger partial charge is 0.254 e. The number of thioether (sulfide) groups is 1. The summed E-state index contributed by atoms with van der Waals surface area (Å²) in [5.74, 6) is -0.154. The van der Waals surface area contributed by atoms with Crippen molar-refractivity contribution in [1.29, 1.82) is 5.26 Å². The van der Waals surface area contributed by atoms with Gasteiger partial charge in [0.25, 0.3) is 5.91 Å². The van der Waals surface area contributed by atoms with Crippen LogP contribution in [0.2, 0.25) is 0 Å². The number of hydrogen-bond donors (Lipinski definition) is 3. The Morgan fingerprint density at radius 3 is 2.46 bits per heavy atom. The highest BCUT2D eigenvalue weighted by Crippen LogP contribution is 2.42. The van der Waals surface area contributed by atoms with Gasteiger partial charge in [-0.3, -0.25) is 9.59 Å². The molecule has 9 heteroatoms. The minimum absolute atomic E-state index is 0.0955. The van der Waals surface area contributed by atoms with Crippen LogP contribution in [0, 0.1) is 11.3 Å². The number of unbranched alkanes of at least 4 members (excludes halogenated alkanes) is 1. The van der Waals surface area contributed by atoms with Crippen molar-refractivity contribution >= 4 is 46.3 Å². The van der Waals surface area contributed by atoms with E-state index >= 15 is 0 Å². The molecule has 1 aliphatic heterocycles. The average Bonchev–Trinajstić information content (AvgIpc) is 3.48. The summed E-state index contributed by atoms with van der Waals surface area (Å²) in [6, 6.07) is 22.6. The topological polar surface area (TPSA) is 103 Å². The predicted molar refractivity (Wildman–Crippen MR) is 159 cm³/mol. The number of benzene rings is 2. The molecular weight excluding hydrogens is 528 g/mol. The van der Waals surface area contributed by atoms with Gasteiger partial charge in [0.2, 0.25) is 5.91 Å². The number of ether oxygens (including phenoxy) is 1. The molecule has 39 heavy (non-hydrogen) atoms. The number of nitriles is 1. The fraction of sp³-hybridized carbons (Fsp3) is 0.233. The van der Waals surface area contributed by atoms with Crippen LogP contribution in [-0.4, -0.2) is 24.2 Å². The SMILES string of the molecule is CCCCOc1ccc(NC(=O)CSC2=C(C#N)[C@@H](c3cccs3)C(C(=O)Nc3ccccc3)=C(C)N2)cc1. The zero-order valence-corrected chi connectivity index (χ0v) is 23.5. The number of carbonyl (C=O) groups is 2. The number of carbonyl (C=O) groups excluding carboxylic acids is 2. The van der Waals surface area contributed by atoms with Crippen molar-refractivity contribution in [3.05, 3.63) is 98.9 Å². The predicted octanol–water partition coefficient (Wildman–Crippen LogP) is 6.63. The molecule has 7 nitrogen and oxygen atoms in total. The van der Waals surface area contributed by atoms with E-state index in [1.807, 2.05) is 66.9 Å². The Morgan fingerprint density at radius 2 is 1.79 bits per heavy atom. The van der Waals surface area contributed by atoms with E-state index in [1.165, 1.54) is 23.1 Å². The molecule has 4 rings (SSSR count). The first-order valence-corrected chi connectivity index (χ1v) is 14.5. The zero-order chi connectivity index (χ0) is 27.6. The molecule has 0 unspecified atom stereocenters. The minimum Gasteiger partial charge on any atom is -0.494 e. The Labute approximate surface area is 237 Å². The second-order valence-electron chi connectivity index (χ2n) is 8.85. The van der Waals surface area contributed by atoms with Crippen molar-refractivity contribution in [1.82, 2.24) is 5.32 Å². The van der Waals surface area contributed by atoms with Crippen molar-refractivity contribution in [3.63, 3.8) is 0 Å². The lowest BCUT2D eigenvalue weighted by Gasteiger charge is -2.29. The average molecular weight is 559 g/mol. The molecule has 2 amide bonds. The lowest BCUT2D eigenvalue weighted by atomic mass is 9.86. The lowest BCUT2D eigenvalue weighted by Crippen LogP contribution is -2.30. The Balaban J connectivity index is 1.47. The van der Waals surface area contributed by atoms with Crippen LogP contribution in [0.5, 0.6) is 5.75 Å². The maximum Gasteiger partial charge on any atom is 0.254 e. The highest BCUT2D eigenvalue weighted by molar-refractivity contribution is 8.03. The monoisotopic (exact) mass is 558 g/mol. The van der Waals surface area contributed by atoms with Crippen LogP contribution in [-0.2, 0) is 9.59 Å². The summed E-state index contributed by atoms with van der Waals surface area (Å²) in [6.45, 7) is 4.59. The number of nitrogens with zero attached hydrogens (tertiary/aromatic N) is 1. The third-order valence-electron chi connectivity index (χ3n) is 6.00. The largest absolute Gasteiger partial charge is 0.494 e. The molecule has 1 aromatic heterocycles.